The lowest BCUT2D eigenvalue weighted by molar-refractivity contribution is -0.133. The van der Waals surface area contributed by atoms with E-state index in [0.717, 1.165) is 66.1 Å². The van der Waals surface area contributed by atoms with Crippen LogP contribution in [0, 0.1) is 12.7 Å². The quantitative estimate of drug-likeness (QED) is 0.297. The third-order valence-electron chi connectivity index (χ3n) is 7.78. The minimum Gasteiger partial charge on any atom is -0.497 e. The van der Waals surface area contributed by atoms with E-state index in [1.165, 1.54) is 6.07 Å². The number of nitrogens with zero attached hydrogens (tertiary/aromatic N) is 3. The van der Waals surface area contributed by atoms with Gasteiger partial charge in [0, 0.05) is 62.2 Å². The van der Waals surface area contributed by atoms with Crippen molar-refractivity contribution in [3.8, 4) is 5.75 Å². The standard InChI is InChI=1S/C32H36FN3O2/c1-4-34-15-17-35(18-16-34)32(37)20-27(28-19-23(2)9-14-30(28)33)29-22-36(31-8-6-5-7-26(29)31)21-24-10-12-25(38-3)13-11-24/h5-14,19,22,27H,4,15-18,20-21H2,1-3H3/t27-/m1/s1. The number of carbonyl (C=O) groups is 1. The Morgan fingerprint density at radius 3 is 2.42 bits per heavy atom. The Kier molecular flexibility index (Phi) is 7.79. The summed E-state index contributed by atoms with van der Waals surface area (Å²) in [5, 5.41) is 1.05. The zero-order valence-electron chi connectivity index (χ0n) is 22.5. The topological polar surface area (TPSA) is 37.7 Å². The van der Waals surface area contributed by atoms with Crippen molar-refractivity contribution in [1.29, 1.82) is 0 Å². The second-order valence-electron chi connectivity index (χ2n) is 10.2. The summed E-state index contributed by atoms with van der Waals surface area (Å²) in [6.07, 6.45) is 2.35. The summed E-state index contributed by atoms with van der Waals surface area (Å²) in [6.45, 7) is 8.98. The van der Waals surface area contributed by atoms with E-state index in [1.807, 2.05) is 42.2 Å². The number of aryl methyl sites for hydroxylation is 1. The zero-order chi connectivity index (χ0) is 26.6. The summed E-state index contributed by atoms with van der Waals surface area (Å²) < 4.78 is 22.9. The van der Waals surface area contributed by atoms with Crippen LogP contribution < -0.4 is 4.74 Å². The molecule has 5 rings (SSSR count). The first-order valence-corrected chi connectivity index (χ1v) is 13.4. The number of benzene rings is 3. The number of piperazine rings is 1. The number of amides is 1. The average Bonchev–Trinajstić information content (AvgIpc) is 3.31. The molecule has 1 amide bonds. The Balaban J connectivity index is 1.53. The van der Waals surface area contributed by atoms with Gasteiger partial charge in [0.2, 0.25) is 5.91 Å². The van der Waals surface area contributed by atoms with Gasteiger partial charge in [-0.1, -0.05) is 55.0 Å². The number of fused-ring (bicyclic) bond motifs is 1. The van der Waals surface area contributed by atoms with Crippen molar-refractivity contribution in [3.05, 3.63) is 101 Å². The minimum absolute atomic E-state index is 0.0821. The van der Waals surface area contributed by atoms with Gasteiger partial charge in [-0.3, -0.25) is 4.79 Å². The van der Waals surface area contributed by atoms with E-state index in [9.17, 15) is 4.79 Å². The molecule has 6 heteroatoms. The normalized spacial score (nSPS) is 15.1. The van der Waals surface area contributed by atoms with E-state index in [2.05, 4.69) is 46.9 Å². The van der Waals surface area contributed by atoms with Crippen LogP contribution in [-0.4, -0.2) is 60.1 Å². The fourth-order valence-electron chi connectivity index (χ4n) is 5.55. The Morgan fingerprint density at radius 2 is 1.71 bits per heavy atom. The van der Waals surface area contributed by atoms with E-state index < -0.39 is 0 Å². The Bertz CT molecular complexity index is 1400. The van der Waals surface area contributed by atoms with Crippen molar-refractivity contribution >= 4 is 16.8 Å². The van der Waals surface area contributed by atoms with Crippen LogP contribution in [0.15, 0.2) is 72.9 Å². The Labute approximate surface area is 224 Å². The number of carbonyl (C=O) groups excluding carboxylic acids is 1. The summed E-state index contributed by atoms with van der Waals surface area (Å²) in [5.41, 5.74) is 4.76. The third kappa shape index (κ3) is 5.46. The third-order valence-corrected chi connectivity index (χ3v) is 7.78. The van der Waals surface area contributed by atoms with Crippen LogP contribution in [0.2, 0.25) is 0 Å². The van der Waals surface area contributed by atoms with Gasteiger partial charge >= 0.3 is 0 Å². The highest BCUT2D eigenvalue weighted by Gasteiger charge is 2.28. The zero-order valence-corrected chi connectivity index (χ0v) is 22.5. The number of hydrogen-bond acceptors (Lipinski definition) is 3. The molecule has 2 heterocycles. The molecule has 1 fully saturated rings. The molecule has 3 aromatic carbocycles. The molecular formula is C32H36FN3O2. The largest absolute Gasteiger partial charge is 0.497 e. The molecule has 1 saturated heterocycles. The van der Waals surface area contributed by atoms with Crippen LogP contribution in [0.5, 0.6) is 5.75 Å². The molecule has 1 aliphatic rings. The van der Waals surface area contributed by atoms with E-state index in [4.69, 9.17) is 4.74 Å². The van der Waals surface area contributed by atoms with Crippen molar-refractivity contribution < 1.29 is 13.9 Å². The molecule has 0 radical (unpaired) electrons. The summed E-state index contributed by atoms with van der Waals surface area (Å²) in [4.78, 5) is 17.9. The van der Waals surface area contributed by atoms with Gasteiger partial charge in [-0.2, -0.15) is 0 Å². The summed E-state index contributed by atoms with van der Waals surface area (Å²) in [6, 6.07) is 21.5. The molecular weight excluding hydrogens is 477 g/mol. The molecule has 1 aromatic heterocycles. The predicted octanol–water partition coefficient (Wildman–Crippen LogP) is 5.83. The van der Waals surface area contributed by atoms with Crippen LogP contribution in [-0.2, 0) is 11.3 Å². The van der Waals surface area contributed by atoms with Gasteiger partial charge in [0.05, 0.1) is 7.11 Å². The number of likely N-dealkylation sites (N-methyl/N-ethyl adjacent to an activating group) is 1. The predicted molar refractivity (Wildman–Crippen MR) is 150 cm³/mol. The minimum atomic E-state index is -0.381. The van der Waals surface area contributed by atoms with Crippen LogP contribution in [0.25, 0.3) is 10.9 Å². The Hall–Kier alpha value is -3.64. The van der Waals surface area contributed by atoms with Crippen molar-refractivity contribution in [3.63, 3.8) is 0 Å². The molecule has 38 heavy (non-hydrogen) atoms. The molecule has 0 spiro atoms. The van der Waals surface area contributed by atoms with Gasteiger partial charge in [-0.15, -0.1) is 0 Å². The number of ether oxygens (including phenoxy) is 1. The van der Waals surface area contributed by atoms with Gasteiger partial charge in [-0.25, -0.2) is 4.39 Å². The van der Waals surface area contributed by atoms with Gasteiger partial charge in [0.15, 0.2) is 0 Å². The molecule has 0 saturated carbocycles. The molecule has 0 aliphatic carbocycles. The molecule has 0 bridgehead atoms. The first-order chi connectivity index (χ1) is 18.5. The fraction of sp³-hybridized carbons (Fsp3) is 0.344. The van der Waals surface area contributed by atoms with E-state index in [0.29, 0.717) is 12.1 Å². The fourth-order valence-corrected chi connectivity index (χ4v) is 5.55. The lowest BCUT2D eigenvalue weighted by Crippen LogP contribution is -2.48. The second-order valence-corrected chi connectivity index (χ2v) is 10.2. The van der Waals surface area contributed by atoms with Crippen LogP contribution in [0.1, 0.15) is 41.5 Å². The summed E-state index contributed by atoms with van der Waals surface area (Å²) in [7, 11) is 1.66. The summed E-state index contributed by atoms with van der Waals surface area (Å²) in [5.74, 6) is 0.253. The monoisotopic (exact) mass is 513 g/mol. The van der Waals surface area contributed by atoms with E-state index in [1.54, 1.807) is 13.2 Å². The van der Waals surface area contributed by atoms with Crippen LogP contribution >= 0.6 is 0 Å². The second kappa shape index (κ2) is 11.4. The molecule has 4 aromatic rings. The maximum atomic E-state index is 15.4. The lowest BCUT2D eigenvalue weighted by atomic mass is 9.86. The molecule has 1 atom stereocenters. The highest BCUT2D eigenvalue weighted by atomic mass is 19.1. The number of hydrogen-bond donors (Lipinski definition) is 0. The van der Waals surface area contributed by atoms with Gasteiger partial charge in [0.1, 0.15) is 11.6 Å². The van der Waals surface area contributed by atoms with Crippen molar-refractivity contribution in [2.45, 2.75) is 32.7 Å². The number of halogens is 1. The highest BCUT2D eigenvalue weighted by molar-refractivity contribution is 5.87. The first-order valence-electron chi connectivity index (χ1n) is 13.4. The highest BCUT2D eigenvalue weighted by Crippen LogP contribution is 2.37. The molecule has 198 valence electrons. The first kappa shape index (κ1) is 26.0. The lowest BCUT2D eigenvalue weighted by Gasteiger charge is -2.35. The molecule has 1 aliphatic heterocycles. The van der Waals surface area contributed by atoms with Gasteiger partial charge < -0.3 is 19.1 Å². The van der Waals surface area contributed by atoms with Gasteiger partial charge in [0.25, 0.3) is 0 Å². The number of rotatable bonds is 8. The number of para-hydroxylation sites is 1. The maximum absolute atomic E-state index is 15.4. The van der Waals surface area contributed by atoms with Crippen LogP contribution in [0.3, 0.4) is 0 Å². The van der Waals surface area contributed by atoms with Crippen molar-refractivity contribution in [2.24, 2.45) is 0 Å². The van der Waals surface area contributed by atoms with Crippen molar-refractivity contribution in [1.82, 2.24) is 14.4 Å². The Morgan fingerprint density at radius 1 is 0.974 bits per heavy atom. The molecule has 5 nitrogen and oxygen atoms in total. The summed E-state index contributed by atoms with van der Waals surface area (Å²) >= 11 is 0. The maximum Gasteiger partial charge on any atom is 0.223 e. The average molecular weight is 514 g/mol. The number of methoxy groups -OCH3 is 1. The van der Waals surface area contributed by atoms with Gasteiger partial charge in [-0.05, 0) is 54.4 Å². The van der Waals surface area contributed by atoms with Crippen molar-refractivity contribution in [2.75, 3.05) is 39.8 Å². The number of aromatic nitrogens is 1. The van der Waals surface area contributed by atoms with E-state index in [-0.39, 0.29) is 24.1 Å². The molecule has 0 unspecified atom stereocenters. The molecule has 0 N–H and O–H groups in total. The smallest absolute Gasteiger partial charge is 0.223 e. The van der Waals surface area contributed by atoms with E-state index >= 15 is 4.39 Å². The van der Waals surface area contributed by atoms with Crippen LogP contribution in [0.4, 0.5) is 4.39 Å². The SMILES string of the molecule is CCN1CCN(C(=O)C[C@H](c2cc(C)ccc2F)c2cn(Cc3ccc(OC)cc3)c3ccccc23)CC1.